The lowest BCUT2D eigenvalue weighted by atomic mass is 10.0. The summed E-state index contributed by atoms with van der Waals surface area (Å²) in [6.07, 6.45) is 1.38. The van der Waals surface area contributed by atoms with Gasteiger partial charge in [0.05, 0.1) is 32.8 Å². The molecule has 7 nitrogen and oxygen atoms in total. The van der Waals surface area contributed by atoms with Gasteiger partial charge in [-0.15, -0.1) is 0 Å². The molecule has 7 heteroatoms. The molecule has 0 amide bonds. The summed E-state index contributed by atoms with van der Waals surface area (Å²) in [7, 11) is 4.67. The van der Waals surface area contributed by atoms with Crippen LogP contribution in [0.4, 0.5) is 0 Å². The van der Waals surface area contributed by atoms with Gasteiger partial charge in [0.2, 0.25) is 5.88 Å². The van der Waals surface area contributed by atoms with Crippen molar-refractivity contribution in [2.75, 3.05) is 20.8 Å². The molecule has 1 heterocycles. The van der Waals surface area contributed by atoms with E-state index in [-0.39, 0.29) is 6.61 Å². The smallest absolute Gasteiger partial charge is 0.341 e. The zero-order chi connectivity index (χ0) is 23.1. The van der Waals surface area contributed by atoms with Crippen molar-refractivity contribution in [1.29, 1.82) is 0 Å². The molecule has 32 heavy (non-hydrogen) atoms. The van der Waals surface area contributed by atoms with Crippen LogP contribution in [0, 0.1) is 6.92 Å². The van der Waals surface area contributed by atoms with Crippen molar-refractivity contribution in [2.24, 2.45) is 7.05 Å². The minimum atomic E-state index is -0.478. The van der Waals surface area contributed by atoms with E-state index in [1.165, 1.54) is 20.5 Å². The van der Waals surface area contributed by atoms with Crippen LogP contribution >= 0.6 is 0 Å². The molecule has 0 saturated carbocycles. The van der Waals surface area contributed by atoms with Gasteiger partial charge in [-0.1, -0.05) is 24.3 Å². The van der Waals surface area contributed by atoms with E-state index in [0.717, 1.165) is 28.1 Å². The summed E-state index contributed by atoms with van der Waals surface area (Å²) in [5.74, 6) is 0.997. The average molecular weight is 437 g/mol. The van der Waals surface area contributed by atoms with Crippen molar-refractivity contribution in [3.63, 3.8) is 0 Å². The van der Waals surface area contributed by atoms with E-state index in [1.807, 2.05) is 69.4 Å². The van der Waals surface area contributed by atoms with Crippen LogP contribution in [0.15, 0.2) is 54.8 Å². The number of carbonyl (C=O) groups is 1. The van der Waals surface area contributed by atoms with Gasteiger partial charge in [-0.05, 0) is 49.2 Å². The van der Waals surface area contributed by atoms with Gasteiger partial charge in [0.25, 0.3) is 0 Å². The minimum absolute atomic E-state index is 0.247. The standard InChI is InChI=1S/C25H28N2O5/c1-6-31-20-13-11-18(12-14-20)23-17(2)24(27(3)26-23)32-15-19-9-7-8-10-21(19)22(16-29-4)25(28)30-5/h7-14,16H,6,15H2,1-5H3/b22-16+. The largest absolute Gasteiger partial charge is 0.503 e. The van der Waals surface area contributed by atoms with E-state index in [0.29, 0.717) is 23.6 Å². The molecule has 0 saturated heterocycles. The fourth-order valence-corrected chi connectivity index (χ4v) is 3.47. The van der Waals surface area contributed by atoms with E-state index in [4.69, 9.17) is 18.9 Å². The van der Waals surface area contributed by atoms with E-state index in [9.17, 15) is 4.79 Å². The topological polar surface area (TPSA) is 71.8 Å². The number of carbonyl (C=O) groups excluding carboxylic acids is 1. The number of hydrogen-bond donors (Lipinski definition) is 0. The molecule has 0 radical (unpaired) electrons. The number of esters is 1. The quantitative estimate of drug-likeness (QED) is 0.279. The maximum Gasteiger partial charge on any atom is 0.341 e. The third kappa shape index (κ3) is 4.94. The fraction of sp³-hybridized carbons (Fsp3) is 0.280. The molecule has 0 unspecified atom stereocenters. The molecular formula is C25H28N2O5. The summed E-state index contributed by atoms with van der Waals surface area (Å²) >= 11 is 0. The van der Waals surface area contributed by atoms with Crippen LogP contribution in [-0.4, -0.2) is 36.6 Å². The van der Waals surface area contributed by atoms with Gasteiger partial charge in [-0.25, -0.2) is 9.48 Å². The molecular weight excluding hydrogens is 408 g/mol. The van der Waals surface area contributed by atoms with Crippen molar-refractivity contribution in [2.45, 2.75) is 20.5 Å². The molecule has 0 fully saturated rings. The van der Waals surface area contributed by atoms with Crippen molar-refractivity contribution >= 4 is 11.5 Å². The van der Waals surface area contributed by atoms with Gasteiger partial charge in [-0.2, -0.15) is 5.10 Å². The predicted molar refractivity (Wildman–Crippen MR) is 122 cm³/mol. The highest BCUT2D eigenvalue weighted by Crippen LogP contribution is 2.31. The Morgan fingerprint density at radius 3 is 2.44 bits per heavy atom. The van der Waals surface area contributed by atoms with Crippen LogP contribution in [0.2, 0.25) is 0 Å². The summed E-state index contributed by atoms with van der Waals surface area (Å²) in [5.41, 5.74) is 4.58. The number of aryl methyl sites for hydroxylation is 1. The predicted octanol–water partition coefficient (Wildman–Crippen LogP) is 4.53. The molecule has 0 aliphatic heterocycles. The summed E-state index contributed by atoms with van der Waals surface area (Å²) in [4.78, 5) is 12.2. The van der Waals surface area contributed by atoms with Gasteiger partial charge in [0.1, 0.15) is 17.9 Å². The number of methoxy groups -OCH3 is 2. The lowest BCUT2D eigenvalue weighted by Gasteiger charge is -2.13. The first-order valence-corrected chi connectivity index (χ1v) is 10.3. The van der Waals surface area contributed by atoms with Crippen LogP contribution in [0.3, 0.4) is 0 Å². The average Bonchev–Trinajstić information content (AvgIpc) is 3.09. The number of rotatable bonds is 9. The molecule has 0 spiro atoms. The second-order valence-corrected chi connectivity index (χ2v) is 7.06. The third-order valence-corrected chi connectivity index (χ3v) is 4.97. The zero-order valence-electron chi connectivity index (χ0n) is 19.0. The summed E-state index contributed by atoms with van der Waals surface area (Å²) in [6, 6.07) is 15.3. The van der Waals surface area contributed by atoms with Gasteiger partial charge in [0, 0.05) is 18.2 Å². The van der Waals surface area contributed by atoms with Crippen LogP contribution in [0.5, 0.6) is 11.6 Å². The first-order chi connectivity index (χ1) is 15.5. The second-order valence-electron chi connectivity index (χ2n) is 7.06. The SMILES string of the molecule is CCOc1ccc(-c2nn(C)c(OCc3ccccc3/C(=C\OC)C(=O)OC)c2C)cc1. The molecule has 0 bridgehead atoms. The Hall–Kier alpha value is -3.74. The molecule has 1 aromatic heterocycles. The Morgan fingerprint density at radius 2 is 1.78 bits per heavy atom. The van der Waals surface area contributed by atoms with Crippen LogP contribution < -0.4 is 9.47 Å². The van der Waals surface area contributed by atoms with E-state index >= 15 is 0 Å². The Bertz CT molecular complexity index is 1100. The monoisotopic (exact) mass is 436 g/mol. The Balaban J connectivity index is 1.86. The lowest BCUT2D eigenvalue weighted by molar-refractivity contribution is -0.133. The van der Waals surface area contributed by atoms with Gasteiger partial charge >= 0.3 is 5.97 Å². The van der Waals surface area contributed by atoms with Crippen LogP contribution in [-0.2, 0) is 27.9 Å². The first-order valence-electron chi connectivity index (χ1n) is 10.3. The molecule has 0 atom stereocenters. The number of aromatic nitrogens is 2. The van der Waals surface area contributed by atoms with Crippen molar-refractivity contribution < 1.29 is 23.7 Å². The maximum atomic E-state index is 12.2. The number of nitrogens with zero attached hydrogens (tertiary/aromatic N) is 2. The van der Waals surface area contributed by atoms with Gasteiger partial charge < -0.3 is 18.9 Å². The highest BCUT2D eigenvalue weighted by Gasteiger charge is 2.19. The van der Waals surface area contributed by atoms with Gasteiger partial charge in [-0.3, -0.25) is 0 Å². The molecule has 0 N–H and O–H groups in total. The van der Waals surface area contributed by atoms with Crippen molar-refractivity contribution in [3.05, 3.63) is 71.5 Å². The molecule has 3 rings (SSSR count). The second kappa shape index (κ2) is 10.5. The van der Waals surface area contributed by atoms with E-state index in [1.54, 1.807) is 4.68 Å². The fourth-order valence-electron chi connectivity index (χ4n) is 3.47. The van der Waals surface area contributed by atoms with E-state index < -0.39 is 5.97 Å². The van der Waals surface area contributed by atoms with Crippen LogP contribution in [0.1, 0.15) is 23.6 Å². The Labute approximate surface area is 188 Å². The number of hydrogen-bond acceptors (Lipinski definition) is 6. The van der Waals surface area contributed by atoms with Gasteiger partial charge in [0.15, 0.2) is 0 Å². The number of benzene rings is 2. The highest BCUT2D eigenvalue weighted by atomic mass is 16.5. The molecule has 3 aromatic rings. The Kier molecular flexibility index (Phi) is 7.54. The molecule has 0 aliphatic rings. The van der Waals surface area contributed by atoms with Crippen LogP contribution in [0.25, 0.3) is 16.8 Å². The minimum Gasteiger partial charge on any atom is -0.503 e. The normalized spacial score (nSPS) is 11.2. The highest BCUT2D eigenvalue weighted by molar-refractivity contribution is 6.16. The van der Waals surface area contributed by atoms with Crippen molar-refractivity contribution in [3.8, 4) is 22.9 Å². The first kappa shape index (κ1) is 22.9. The summed E-state index contributed by atoms with van der Waals surface area (Å²) in [6.45, 7) is 4.80. The third-order valence-electron chi connectivity index (χ3n) is 4.97. The molecule has 168 valence electrons. The zero-order valence-corrected chi connectivity index (χ0v) is 19.0. The summed E-state index contributed by atoms with van der Waals surface area (Å²) in [5, 5.41) is 4.64. The summed E-state index contributed by atoms with van der Waals surface area (Å²) < 4.78 is 23.4. The van der Waals surface area contributed by atoms with Crippen molar-refractivity contribution in [1.82, 2.24) is 9.78 Å². The Morgan fingerprint density at radius 1 is 1.06 bits per heavy atom. The van der Waals surface area contributed by atoms with E-state index in [2.05, 4.69) is 5.10 Å². The molecule has 2 aromatic carbocycles. The number of ether oxygens (including phenoxy) is 4. The maximum absolute atomic E-state index is 12.2. The molecule has 0 aliphatic carbocycles. The lowest BCUT2D eigenvalue weighted by Crippen LogP contribution is -2.09.